The third-order valence-corrected chi connectivity index (χ3v) is 6.73. The van der Waals surface area contributed by atoms with Gasteiger partial charge in [-0.2, -0.15) is 0 Å². The number of carbonyl (C=O) groups excluding carboxylic acids is 1. The zero-order valence-electron chi connectivity index (χ0n) is 16.4. The highest BCUT2D eigenvalue weighted by Gasteiger charge is 2.22. The summed E-state index contributed by atoms with van der Waals surface area (Å²) in [6.45, 7) is 5.81. The molecule has 1 aromatic heterocycles. The average Bonchev–Trinajstić information content (AvgIpc) is 2.70. The van der Waals surface area contributed by atoms with Crippen molar-refractivity contribution in [3.8, 4) is 0 Å². The van der Waals surface area contributed by atoms with E-state index in [-0.39, 0.29) is 12.3 Å². The van der Waals surface area contributed by atoms with Gasteiger partial charge in [-0.25, -0.2) is 8.42 Å². The van der Waals surface area contributed by atoms with E-state index in [0.717, 1.165) is 11.4 Å². The van der Waals surface area contributed by atoms with Crippen LogP contribution in [0.1, 0.15) is 19.4 Å². The summed E-state index contributed by atoms with van der Waals surface area (Å²) in [7, 11) is -3.38. The zero-order valence-corrected chi connectivity index (χ0v) is 17.9. The van der Waals surface area contributed by atoms with Crippen molar-refractivity contribution in [1.29, 1.82) is 0 Å². The molecule has 0 spiro atoms. The molecule has 10 heteroatoms. The minimum absolute atomic E-state index is 0.0438. The maximum Gasteiger partial charge on any atom is 0.235 e. The Kier molecular flexibility index (Phi) is 6.59. The number of hydrogen-bond donors (Lipinski definition) is 1. The summed E-state index contributed by atoms with van der Waals surface area (Å²) in [5.41, 5.74) is 1.33. The van der Waals surface area contributed by atoms with Crippen LogP contribution >= 0.6 is 11.6 Å². The molecule has 1 aliphatic heterocycles. The van der Waals surface area contributed by atoms with Gasteiger partial charge in [0, 0.05) is 31.9 Å². The van der Waals surface area contributed by atoms with E-state index in [1.165, 1.54) is 0 Å². The summed E-state index contributed by atoms with van der Waals surface area (Å²) in [5, 5.41) is 7.77. The Morgan fingerprint density at radius 2 is 1.72 bits per heavy atom. The highest BCUT2D eigenvalue weighted by molar-refractivity contribution is 7.93. The number of sulfonamides is 1. The number of halogens is 1. The molecule has 0 unspecified atom stereocenters. The molecule has 1 amide bonds. The van der Waals surface area contributed by atoms with Crippen molar-refractivity contribution in [2.75, 3.05) is 35.8 Å². The Bertz CT molecular complexity index is 941. The number of anilines is 2. The largest absolute Gasteiger partial charge is 0.352 e. The van der Waals surface area contributed by atoms with E-state index in [1.807, 2.05) is 11.0 Å². The fourth-order valence-electron chi connectivity index (χ4n) is 2.92. The number of rotatable bonds is 6. The predicted molar refractivity (Wildman–Crippen MR) is 114 cm³/mol. The quantitative estimate of drug-likeness (QED) is 0.744. The molecule has 3 rings (SSSR count). The number of aromatic nitrogens is 2. The third-order valence-electron chi connectivity index (χ3n) is 4.76. The molecule has 1 saturated heterocycles. The van der Waals surface area contributed by atoms with Crippen molar-refractivity contribution in [2.45, 2.75) is 25.5 Å². The normalized spacial score (nSPS) is 14.9. The van der Waals surface area contributed by atoms with E-state index < -0.39 is 15.3 Å². The fourth-order valence-corrected chi connectivity index (χ4v) is 3.72. The van der Waals surface area contributed by atoms with Crippen LogP contribution in [0.2, 0.25) is 5.15 Å². The lowest BCUT2D eigenvalue weighted by atomic mass is 10.1. The van der Waals surface area contributed by atoms with Crippen molar-refractivity contribution in [3.05, 3.63) is 47.1 Å². The molecule has 2 heterocycles. The first kappa shape index (κ1) is 21.3. The maximum atomic E-state index is 12.6. The van der Waals surface area contributed by atoms with Gasteiger partial charge >= 0.3 is 0 Å². The number of hydrogen-bond acceptors (Lipinski definition) is 6. The molecule has 1 aliphatic rings. The Balaban J connectivity index is 1.52. The Hall–Kier alpha value is -2.39. The lowest BCUT2D eigenvalue weighted by molar-refractivity contribution is -0.130. The van der Waals surface area contributed by atoms with E-state index in [2.05, 4.69) is 19.8 Å². The topological polar surface area (TPSA) is 95.5 Å². The molecule has 1 fully saturated rings. The highest BCUT2D eigenvalue weighted by Crippen LogP contribution is 2.17. The van der Waals surface area contributed by atoms with Crippen LogP contribution in [0, 0.1) is 0 Å². The number of benzene rings is 1. The molecular weight excluding hydrogens is 414 g/mol. The van der Waals surface area contributed by atoms with Crippen molar-refractivity contribution in [1.82, 2.24) is 15.1 Å². The van der Waals surface area contributed by atoms with Crippen molar-refractivity contribution < 1.29 is 13.2 Å². The van der Waals surface area contributed by atoms with Gasteiger partial charge in [-0.05, 0) is 43.7 Å². The van der Waals surface area contributed by atoms with Gasteiger partial charge in [0.2, 0.25) is 15.9 Å². The Morgan fingerprint density at radius 1 is 1.07 bits per heavy atom. The first-order valence-electron chi connectivity index (χ1n) is 9.37. The molecule has 1 aromatic carbocycles. The molecule has 0 atom stereocenters. The summed E-state index contributed by atoms with van der Waals surface area (Å²) < 4.78 is 26.4. The molecule has 29 heavy (non-hydrogen) atoms. The van der Waals surface area contributed by atoms with Crippen molar-refractivity contribution in [2.24, 2.45) is 0 Å². The minimum atomic E-state index is -3.38. The second-order valence-corrected chi connectivity index (χ2v) is 9.78. The van der Waals surface area contributed by atoms with Crippen LogP contribution in [0.25, 0.3) is 0 Å². The SMILES string of the molecule is CC(C)S(=O)(=O)Nc1ccc(CC(=O)N2CCN(c3ccc(Cl)nn3)CC2)cc1. The maximum absolute atomic E-state index is 12.6. The molecule has 156 valence electrons. The van der Waals surface area contributed by atoms with Gasteiger partial charge in [0.25, 0.3) is 0 Å². The van der Waals surface area contributed by atoms with Crippen LogP contribution in [0.4, 0.5) is 11.5 Å². The zero-order chi connectivity index (χ0) is 21.0. The highest BCUT2D eigenvalue weighted by atomic mass is 35.5. The van der Waals surface area contributed by atoms with Gasteiger partial charge in [0.15, 0.2) is 11.0 Å². The monoisotopic (exact) mass is 437 g/mol. The van der Waals surface area contributed by atoms with Gasteiger partial charge in [0.1, 0.15) is 0 Å². The Morgan fingerprint density at radius 3 is 2.28 bits per heavy atom. The number of carbonyl (C=O) groups is 1. The summed E-state index contributed by atoms with van der Waals surface area (Å²) in [5.74, 6) is 0.795. The van der Waals surface area contributed by atoms with Crippen LogP contribution in [-0.4, -0.2) is 60.9 Å². The van der Waals surface area contributed by atoms with E-state index in [4.69, 9.17) is 11.6 Å². The minimum Gasteiger partial charge on any atom is -0.352 e. The summed E-state index contributed by atoms with van der Waals surface area (Å²) in [4.78, 5) is 16.5. The van der Waals surface area contributed by atoms with E-state index in [9.17, 15) is 13.2 Å². The van der Waals surface area contributed by atoms with Gasteiger partial charge < -0.3 is 9.80 Å². The number of nitrogens with one attached hydrogen (secondary N) is 1. The second kappa shape index (κ2) is 8.96. The van der Waals surface area contributed by atoms with Crippen molar-refractivity contribution in [3.63, 3.8) is 0 Å². The van der Waals surface area contributed by atoms with Crippen LogP contribution in [0.3, 0.4) is 0 Å². The third kappa shape index (κ3) is 5.57. The van der Waals surface area contributed by atoms with Crippen LogP contribution in [0.15, 0.2) is 36.4 Å². The van der Waals surface area contributed by atoms with E-state index >= 15 is 0 Å². The lowest BCUT2D eigenvalue weighted by Crippen LogP contribution is -2.49. The van der Waals surface area contributed by atoms with Crippen LogP contribution in [-0.2, 0) is 21.2 Å². The average molecular weight is 438 g/mol. The number of nitrogens with zero attached hydrogens (tertiary/aromatic N) is 4. The molecule has 0 radical (unpaired) electrons. The number of amides is 1. The predicted octanol–water partition coefficient (Wildman–Crippen LogP) is 2.17. The molecule has 0 bridgehead atoms. The van der Waals surface area contributed by atoms with Gasteiger partial charge in [-0.15, -0.1) is 10.2 Å². The van der Waals surface area contributed by atoms with Crippen molar-refractivity contribution >= 4 is 39.0 Å². The lowest BCUT2D eigenvalue weighted by Gasteiger charge is -2.35. The summed E-state index contributed by atoms with van der Waals surface area (Å²) >= 11 is 5.77. The second-order valence-electron chi connectivity index (χ2n) is 7.15. The molecule has 0 saturated carbocycles. The standard InChI is InChI=1S/C19H24ClN5O3S/c1-14(2)29(27,28)23-16-5-3-15(4-6-16)13-19(26)25-11-9-24(10-12-25)18-8-7-17(20)21-22-18/h3-8,14,23H,9-13H2,1-2H3. The summed E-state index contributed by atoms with van der Waals surface area (Å²) in [6.07, 6.45) is 0.276. The van der Waals surface area contributed by atoms with Gasteiger partial charge in [0.05, 0.1) is 11.7 Å². The fraction of sp³-hybridized carbons (Fsp3) is 0.421. The Labute approximate surface area is 175 Å². The molecule has 0 aliphatic carbocycles. The van der Waals surface area contributed by atoms with E-state index in [0.29, 0.717) is 37.0 Å². The summed E-state index contributed by atoms with van der Waals surface area (Å²) in [6, 6.07) is 10.4. The van der Waals surface area contributed by atoms with E-state index in [1.54, 1.807) is 44.2 Å². The van der Waals surface area contributed by atoms with Crippen LogP contribution < -0.4 is 9.62 Å². The van der Waals surface area contributed by atoms with Gasteiger partial charge in [-0.1, -0.05) is 23.7 Å². The smallest absolute Gasteiger partial charge is 0.235 e. The number of piperazine rings is 1. The molecule has 2 aromatic rings. The van der Waals surface area contributed by atoms with Crippen LogP contribution in [0.5, 0.6) is 0 Å². The van der Waals surface area contributed by atoms with Gasteiger partial charge in [-0.3, -0.25) is 9.52 Å². The first-order valence-corrected chi connectivity index (χ1v) is 11.3. The molecule has 8 nitrogen and oxygen atoms in total. The molecular formula is C19H24ClN5O3S. The molecule has 1 N–H and O–H groups in total. The first-order chi connectivity index (χ1) is 13.7.